The maximum Gasteiger partial charge on any atom is 0.417 e. The molecule has 0 heterocycles. The fraction of sp³-hybridized carbons (Fsp3) is 0.200. The van der Waals surface area contributed by atoms with Crippen molar-refractivity contribution in [3.8, 4) is 6.07 Å². The van der Waals surface area contributed by atoms with E-state index in [4.69, 9.17) is 5.26 Å². The van der Waals surface area contributed by atoms with E-state index < -0.39 is 22.2 Å². The first-order chi connectivity index (χ1) is 7.81. The first-order valence-electron chi connectivity index (χ1n) is 4.20. The molecule has 0 amide bonds. The van der Waals surface area contributed by atoms with Crippen LogP contribution < -0.4 is 0 Å². The second kappa shape index (κ2) is 4.75. The lowest BCUT2D eigenvalue weighted by molar-refractivity contribution is -0.138. The molecule has 1 rings (SSSR count). The summed E-state index contributed by atoms with van der Waals surface area (Å²) in [5.74, 6) is -0.945. The minimum Gasteiger partial charge on any atom is -0.465 e. The predicted molar refractivity (Wildman–Crippen MR) is 55.2 cm³/mol. The highest BCUT2D eigenvalue weighted by atomic mass is 79.9. The van der Waals surface area contributed by atoms with Crippen molar-refractivity contribution in [2.75, 3.05) is 7.11 Å². The highest BCUT2D eigenvalue weighted by Gasteiger charge is 2.35. The molecule has 0 spiro atoms. The average Bonchev–Trinajstić information content (AvgIpc) is 2.26. The van der Waals surface area contributed by atoms with Gasteiger partial charge in [0.25, 0.3) is 0 Å². The van der Waals surface area contributed by atoms with Crippen molar-refractivity contribution in [1.82, 2.24) is 0 Å². The molecule has 0 radical (unpaired) electrons. The number of carbonyl (C=O) groups is 1. The predicted octanol–water partition coefficient (Wildman–Crippen LogP) is 3.13. The van der Waals surface area contributed by atoms with Crippen LogP contribution in [-0.2, 0) is 10.9 Å². The number of nitriles is 1. The topological polar surface area (TPSA) is 50.1 Å². The summed E-state index contributed by atoms with van der Waals surface area (Å²) in [5.41, 5.74) is -1.68. The number of ether oxygens (including phenoxy) is 1. The Morgan fingerprint density at radius 1 is 1.47 bits per heavy atom. The molecular weight excluding hydrogens is 303 g/mol. The van der Waals surface area contributed by atoms with Crippen molar-refractivity contribution in [3.05, 3.63) is 33.3 Å². The summed E-state index contributed by atoms with van der Waals surface area (Å²) in [6.07, 6.45) is -4.66. The number of carbonyl (C=O) groups excluding carboxylic acids is 1. The van der Waals surface area contributed by atoms with Gasteiger partial charge in [0.15, 0.2) is 0 Å². The molecule has 0 bridgehead atoms. The molecule has 0 fully saturated rings. The van der Waals surface area contributed by atoms with Gasteiger partial charge in [-0.05, 0) is 28.1 Å². The molecule has 90 valence electrons. The van der Waals surface area contributed by atoms with Crippen molar-refractivity contribution < 1.29 is 22.7 Å². The maximum absolute atomic E-state index is 12.6. The van der Waals surface area contributed by atoms with Gasteiger partial charge in [-0.15, -0.1) is 0 Å². The Kier molecular flexibility index (Phi) is 3.78. The maximum atomic E-state index is 12.6. The molecule has 1 aromatic rings. The summed E-state index contributed by atoms with van der Waals surface area (Å²) in [5, 5.41) is 8.61. The smallest absolute Gasteiger partial charge is 0.417 e. The van der Waals surface area contributed by atoms with Gasteiger partial charge in [0, 0.05) is 4.47 Å². The second-order valence-electron chi connectivity index (χ2n) is 2.99. The quantitative estimate of drug-likeness (QED) is 0.749. The Labute approximate surface area is 103 Å². The van der Waals surface area contributed by atoms with E-state index in [-0.39, 0.29) is 11.1 Å². The lowest BCUT2D eigenvalue weighted by Crippen LogP contribution is -2.11. The lowest BCUT2D eigenvalue weighted by atomic mass is 10.1. The number of nitrogens with zero attached hydrogens (tertiary/aromatic N) is 1. The first-order valence-corrected chi connectivity index (χ1v) is 4.99. The van der Waals surface area contributed by atoms with Gasteiger partial charge in [0.1, 0.15) is 0 Å². The van der Waals surface area contributed by atoms with E-state index in [9.17, 15) is 18.0 Å². The molecule has 3 nitrogen and oxygen atoms in total. The fourth-order valence-electron chi connectivity index (χ4n) is 1.15. The molecule has 0 saturated heterocycles. The Morgan fingerprint density at radius 2 is 2.06 bits per heavy atom. The summed E-state index contributed by atoms with van der Waals surface area (Å²) >= 11 is 2.69. The second-order valence-corrected chi connectivity index (χ2v) is 3.78. The van der Waals surface area contributed by atoms with Crippen molar-refractivity contribution in [1.29, 1.82) is 5.26 Å². The van der Waals surface area contributed by atoms with Crippen molar-refractivity contribution >= 4 is 21.9 Å². The van der Waals surface area contributed by atoms with E-state index in [1.54, 1.807) is 6.07 Å². The molecule has 0 aliphatic heterocycles. The molecule has 0 atom stereocenters. The van der Waals surface area contributed by atoms with Crippen LogP contribution in [0.3, 0.4) is 0 Å². The van der Waals surface area contributed by atoms with Crippen molar-refractivity contribution in [2.24, 2.45) is 0 Å². The molecule has 0 saturated carbocycles. The van der Waals surface area contributed by atoms with E-state index >= 15 is 0 Å². The summed E-state index contributed by atoms with van der Waals surface area (Å²) in [6.45, 7) is 0. The van der Waals surface area contributed by atoms with Crippen LogP contribution in [0.4, 0.5) is 13.2 Å². The number of hydrogen-bond donors (Lipinski definition) is 0. The van der Waals surface area contributed by atoms with Gasteiger partial charge in [-0.1, -0.05) is 0 Å². The van der Waals surface area contributed by atoms with E-state index in [0.717, 1.165) is 13.2 Å². The molecule has 0 aromatic heterocycles. The standard InChI is InChI=1S/C10H5BrF3NO2/c1-17-9(16)6-2-5(4-15)3-7(8(6)11)10(12,13)14/h2-3H,1H3. The number of hydrogen-bond acceptors (Lipinski definition) is 3. The molecule has 1 aromatic carbocycles. The molecule has 17 heavy (non-hydrogen) atoms. The summed E-state index contributed by atoms with van der Waals surface area (Å²) in [4.78, 5) is 11.3. The third kappa shape index (κ3) is 2.77. The SMILES string of the molecule is COC(=O)c1cc(C#N)cc(C(F)(F)F)c1Br. The minimum absolute atomic E-state index is 0.263. The largest absolute Gasteiger partial charge is 0.465 e. The van der Waals surface area contributed by atoms with Gasteiger partial charge in [-0.2, -0.15) is 18.4 Å². The summed E-state index contributed by atoms with van der Waals surface area (Å²) in [6, 6.07) is 3.25. The highest BCUT2D eigenvalue weighted by molar-refractivity contribution is 9.10. The van der Waals surface area contributed by atoms with Crippen LogP contribution in [0.5, 0.6) is 0 Å². The molecule has 0 N–H and O–H groups in total. The third-order valence-corrected chi connectivity index (χ3v) is 2.77. The van der Waals surface area contributed by atoms with Crippen LogP contribution in [0.2, 0.25) is 0 Å². The van der Waals surface area contributed by atoms with Crippen molar-refractivity contribution in [3.63, 3.8) is 0 Å². The average molecular weight is 308 g/mol. The molecule has 0 aliphatic rings. The van der Waals surface area contributed by atoms with Crippen molar-refractivity contribution in [2.45, 2.75) is 6.18 Å². The number of alkyl halides is 3. The van der Waals surface area contributed by atoms with E-state index in [2.05, 4.69) is 20.7 Å². The van der Waals surface area contributed by atoms with Crippen LogP contribution in [0, 0.1) is 11.3 Å². The van der Waals surface area contributed by atoms with Gasteiger partial charge < -0.3 is 4.74 Å². The minimum atomic E-state index is -4.66. The zero-order chi connectivity index (χ0) is 13.2. The number of methoxy groups -OCH3 is 1. The van der Waals surface area contributed by atoms with Crippen LogP contribution in [0.1, 0.15) is 21.5 Å². The number of benzene rings is 1. The Morgan fingerprint density at radius 3 is 2.47 bits per heavy atom. The third-order valence-electron chi connectivity index (χ3n) is 1.91. The number of esters is 1. The molecule has 7 heteroatoms. The van der Waals surface area contributed by atoms with Gasteiger partial charge >= 0.3 is 12.1 Å². The van der Waals surface area contributed by atoms with Gasteiger partial charge in [0.2, 0.25) is 0 Å². The zero-order valence-electron chi connectivity index (χ0n) is 8.43. The van der Waals surface area contributed by atoms with Crippen LogP contribution >= 0.6 is 15.9 Å². The van der Waals surface area contributed by atoms with Gasteiger partial charge in [-0.25, -0.2) is 4.79 Å². The normalized spacial score (nSPS) is 10.8. The Bertz CT molecular complexity index is 505. The first kappa shape index (κ1) is 13.5. The lowest BCUT2D eigenvalue weighted by Gasteiger charge is -2.12. The number of rotatable bonds is 1. The zero-order valence-corrected chi connectivity index (χ0v) is 10.0. The molecule has 0 aliphatic carbocycles. The molecular formula is C10H5BrF3NO2. The molecule has 0 unspecified atom stereocenters. The fourth-order valence-corrected chi connectivity index (χ4v) is 1.77. The van der Waals surface area contributed by atoms with E-state index in [1.165, 1.54) is 0 Å². The van der Waals surface area contributed by atoms with E-state index in [0.29, 0.717) is 6.07 Å². The Hall–Kier alpha value is -1.55. The summed E-state index contributed by atoms with van der Waals surface area (Å²) < 4.78 is 41.8. The van der Waals surface area contributed by atoms with Gasteiger partial charge in [-0.3, -0.25) is 0 Å². The van der Waals surface area contributed by atoms with Crippen LogP contribution in [0.25, 0.3) is 0 Å². The monoisotopic (exact) mass is 307 g/mol. The van der Waals surface area contributed by atoms with Crippen LogP contribution in [0.15, 0.2) is 16.6 Å². The summed E-state index contributed by atoms with van der Waals surface area (Å²) in [7, 11) is 1.04. The van der Waals surface area contributed by atoms with E-state index in [1.807, 2.05) is 0 Å². The Balaban J connectivity index is 3.54. The number of halogens is 4. The highest BCUT2D eigenvalue weighted by Crippen LogP contribution is 2.37. The van der Waals surface area contributed by atoms with Crippen LogP contribution in [-0.4, -0.2) is 13.1 Å². The van der Waals surface area contributed by atoms with Gasteiger partial charge in [0.05, 0.1) is 29.9 Å².